The topological polar surface area (TPSA) is 118 Å². The minimum absolute atomic E-state index is 0.0400. The molecule has 1 aromatic carbocycles. The molecule has 0 spiro atoms. The molecule has 2 N–H and O–H groups in total. The van der Waals surface area contributed by atoms with Crippen molar-refractivity contribution < 1.29 is 24.7 Å². The molecule has 1 unspecified atom stereocenters. The number of carbonyl (C=O) groups excluding carboxylic acids is 1. The van der Waals surface area contributed by atoms with E-state index in [4.69, 9.17) is 5.11 Å². The van der Waals surface area contributed by atoms with Gasteiger partial charge in [-0.05, 0) is 5.56 Å². The minimum Gasteiger partial charge on any atom is -0.479 e. The van der Waals surface area contributed by atoms with E-state index in [1.807, 2.05) is 0 Å². The molecule has 0 radical (unpaired) electrons. The Morgan fingerprint density at radius 2 is 2.05 bits per heavy atom. The van der Waals surface area contributed by atoms with Gasteiger partial charge in [0.05, 0.1) is 15.8 Å². The number of alkyl halides is 1. The number of hydrogen-bond donors (Lipinski definition) is 2. The number of aliphatic carboxylic acids is 1. The summed E-state index contributed by atoms with van der Waals surface area (Å²) in [5, 5.41) is 29.3. The molecular weight excluding hydrogens is 322 g/mol. The standard InChI is InChI=1S/C11H10BrNO6/c12-5-7(14)4-6-2-1-3-8(13(18)19)9(6)10(15)11(16)17/h1-3,10,15H,4-5H2,(H,16,17). The maximum Gasteiger partial charge on any atom is 0.337 e. The van der Waals surface area contributed by atoms with Crippen LogP contribution in [-0.2, 0) is 16.0 Å². The summed E-state index contributed by atoms with van der Waals surface area (Å²) in [5.41, 5.74) is -0.738. The van der Waals surface area contributed by atoms with Crippen LogP contribution in [0, 0.1) is 10.1 Å². The van der Waals surface area contributed by atoms with Crippen molar-refractivity contribution in [3.8, 4) is 0 Å². The SMILES string of the molecule is O=C(CBr)Cc1cccc([N+](=O)[O-])c1C(O)C(=O)O. The van der Waals surface area contributed by atoms with Gasteiger partial charge in [-0.1, -0.05) is 28.1 Å². The lowest BCUT2D eigenvalue weighted by molar-refractivity contribution is -0.386. The molecule has 0 heterocycles. The monoisotopic (exact) mass is 331 g/mol. The molecule has 0 fully saturated rings. The first kappa shape index (κ1) is 15.3. The van der Waals surface area contributed by atoms with Gasteiger partial charge in [-0.3, -0.25) is 14.9 Å². The van der Waals surface area contributed by atoms with Crippen LogP contribution in [-0.4, -0.2) is 32.2 Å². The van der Waals surface area contributed by atoms with Crippen LogP contribution in [0.5, 0.6) is 0 Å². The first-order chi connectivity index (χ1) is 8.88. The van der Waals surface area contributed by atoms with Gasteiger partial charge in [-0.15, -0.1) is 0 Å². The van der Waals surface area contributed by atoms with Gasteiger partial charge in [0.25, 0.3) is 5.69 Å². The molecule has 0 aliphatic carbocycles. The zero-order valence-electron chi connectivity index (χ0n) is 9.58. The summed E-state index contributed by atoms with van der Waals surface area (Å²) in [7, 11) is 0. The van der Waals surface area contributed by atoms with E-state index in [2.05, 4.69) is 15.9 Å². The Morgan fingerprint density at radius 3 is 2.53 bits per heavy atom. The normalized spacial score (nSPS) is 11.9. The fraction of sp³-hybridized carbons (Fsp3) is 0.273. The van der Waals surface area contributed by atoms with Crippen LogP contribution >= 0.6 is 15.9 Å². The number of Topliss-reactive ketones (excluding diaryl/α,β-unsaturated/α-hetero) is 1. The van der Waals surface area contributed by atoms with Gasteiger partial charge in [0.2, 0.25) is 0 Å². The number of carboxylic acids is 1. The molecule has 0 aromatic heterocycles. The number of rotatable bonds is 6. The van der Waals surface area contributed by atoms with E-state index in [9.17, 15) is 24.8 Å². The summed E-state index contributed by atoms with van der Waals surface area (Å²) in [6.07, 6.45) is -2.23. The number of benzene rings is 1. The van der Waals surface area contributed by atoms with Gasteiger partial charge >= 0.3 is 5.97 Å². The second kappa shape index (κ2) is 6.39. The number of nitro benzene ring substituents is 1. The van der Waals surface area contributed by atoms with Gasteiger partial charge in [0, 0.05) is 12.5 Å². The zero-order valence-corrected chi connectivity index (χ0v) is 11.2. The molecule has 1 aromatic rings. The van der Waals surface area contributed by atoms with Crippen LogP contribution in [0.4, 0.5) is 5.69 Å². The lowest BCUT2D eigenvalue weighted by Crippen LogP contribution is -2.16. The van der Waals surface area contributed by atoms with Crippen LogP contribution in [0.3, 0.4) is 0 Å². The molecule has 102 valence electrons. The van der Waals surface area contributed by atoms with Crippen molar-refractivity contribution >= 4 is 33.4 Å². The Balaban J connectivity index is 3.37. The largest absolute Gasteiger partial charge is 0.479 e. The Labute approximate surface area is 116 Å². The highest BCUT2D eigenvalue weighted by Crippen LogP contribution is 2.29. The number of aliphatic hydroxyl groups is 1. The highest BCUT2D eigenvalue weighted by Gasteiger charge is 2.29. The van der Waals surface area contributed by atoms with E-state index in [1.54, 1.807) is 0 Å². The molecular formula is C11H10BrNO6. The predicted molar refractivity (Wildman–Crippen MR) is 68.2 cm³/mol. The van der Waals surface area contributed by atoms with Crippen LogP contribution in [0.1, 0.15) is 17.2 Å². The van der Waals surface area contributed by atoms with Gasteiger partial charge in [-0.25, -0.2) is 4.79 Å². The Kier molecular flexibility index (Phi) is 5.13. The summed E-state index contributed by atoms with van der Waals surface area (Å²) in [6.45, 7) is 0. The fourth-order valence-electron chi connectivity index (χ4n) is 1.61. The molecule has 0 bridgehead atoms. The number of aliphatic hydroxyl groups excluding tert-OH is 1. The van der Waals surface area contributed by atoms with Crippen molar-refractivity contribution in [3.05, 3.63) is 39.4 Å². The Bertz CT molecular complexity index is 530. The van der Waals surface area contributed by atoms with Crippen LogP contribution in [0.25, 0.3) is 0 Å². The Morgan fingerprint density at radius 1 is 1.42 bits per heavy atom. The lowest BCUT2D eigenvalue weighted by atomic mass is 9.96. The molecule has 1 atom stereocenters. The summed E-state index contributed by atoms with van der Waals surface area (Å²) in [6, 6.07) is 3.81. The number of carbonyl (C=O) groups is 2. The van der Waals surface area contributed by atoms with Crippen molar-refractivity contribution in [2.24, 2.45) is 0 Å². The molecule has 8 heteroatoms. The maximum atomic E-state index is 11.4. The number of ketones is 1. The lowest BCUT2D eigenvalue weighted by Gasteiger charge is -2.11. The smallest absolute Gasteiger partial charge is 0.337 e. The van der Waals surface area contributed by atoms with E-state index in [0.717, 1.165) is 6.07 Å². The third-order valence-electron chi connectivity index (χ3n) is 2.41. The minimum atomic E-state index is -2.04. The second-order valence-corrected chi connectivity index (χ2v) is 4.26. The maximum absolute atomic E-state index is 11.4. The predicted octanol–water partition coefficient (Wildman–Crippen LogP) is 1.22. The summed E-state index contributed by atoms with van der Waals surface area (Å²) < 4.78 is 0. The summed E-state index contributed by atoms with van der Waals surface area (Å²) in [5.74, 6) is -1.89. The average Bonchev–Trinajstić information content (AvgIpc) is 2.37. The van der Waals surface area contributed by atoms with Crippen molar-refractivity contribution in [2.45, 2.75) is 12.5 Å². The van der Waals surface area contributed by atoms with Crippen LogP contribution in [0.15, 0.2) is 18.2 Å². The fourth-order valence-corrected chi connectivity index (χ4v) is 1.81. The second-order valence-electron chi connectivity index (χ2n) is 3.70. The first-order valence-electron chi connectivity index (χ1n) is 5.13. The molecule has 19 heavy (non-hydrogen) atoms. The number of hydrogen-bond acceptors (Lipinski definition) is 5. The van der Waals surface area contributed by atoms with Crippen LogP contribution in [0.2, 0.25) is 0 Å². The van der Waals surface area contributed by atoms with Crippen molar-refractivity contribution in [1.29, 1.82) is 0 Å². The molecule has 0 saturated heterocycles. The summed E-state index contributed by atoms with van der Waals surface area (Å²) >= 11 is 2.95. The number of carboxylic acid groups (broad SMARTS) is 1. The highest BCUT2D eigenvalue weighted by atomic mass is 79.9. The number of nitrogens with zero attached hydrogens (tertiary/aromatic N) is 1. The van der Waals surface area contributed by atoms with Gasteiger partial charge < -0.3 is 10.2 Å². The third-order valence-corrected chi connectivity index (χ3v) is 3.04. The molecule has 0 saturated carbocycles. The van der Waals surface area contributed by atoms with Gasteiger partial charge in [0.15, 0.2) is 6.10 Å². The van der Waals surface area contributed by atoms with E-state index in [1.165, 1.54) is 12.1 Å². The van der Waals surface area contributed by atoms with Gasteiger partial charge in [0.1, 0.15) is 5.78 Å². The van der Waals surface area contributed by atoms with Crippen molar-refractivity contribution in [1.82, 2.24) is 0 Å². The van der Waals surface area contributed by atoms with Crippen molar-refractivity contribution in [2.75, 3.05) is 5.33 Å². The molecule has 0 aliphatic heterocycles. The summed E-state index contributed by atoms with van der Waals surface area (Å²) in [4.78, 5) is 32.3. The Hall–Kier alpha value is -1.80. The van der Waals surface area contributed by atoms with E-state index < -0.39 is 22.7 Å². The van der Waals surface area contributed by atoms with Crippen molar-refractivity contribution in [3.63, 3.8) is 0 Å². The molecule has 0 amide bonds. The average molecular weight is 332 g/mol. The van der Waals surface area contributed by atoms with E-state index >= 15 is 0 Å². The van der Waals surface area contributed by atoms with E-state index in [-0.39, 0.29) is 28.7 Å². The van der Waals surface area contributed by atoms with E-state index in [0.29, 0.717) is 0 Å². The third kappa shape index (κ3) is 3.58. The quantitative estimate of drug-likeness (QED) is 0.459. The molecule has 1 rings (SSSR count). The first-order valence-corrected chi connectivity index (χ1v) is 6.25. The van der Waals surface area contributed by atoms with Gasteiger partial charge in [-0.2, -0.15) is 0 Å². The molecule has 0 aliphatic rings. The molecule has 7 nitrogen and oxygen atoms in total. The zero-order chi connectivity index (χ0) is 14.6. The van der Waals surface area contributed by atoms with Crippen LogP contribution < -0.4 is 0 Å². The number of halogens is 1. The highest BCUT2D eigenvalue weighted by molar-refractivity contribution is 9.09. The number of nitro groups is 1.